The first-order valence-electron chi connectivity index (χ1n) is 13.3. The molecule has 1 aliphatic heterocycles. The number of para-hydroxylation sites is 1. The van der Waals surface area contributed by atoms with E-state index in [0.29, 0.717) is 46.9 Å². The molecule has 0 saturated heterocycles. The lowest BCUT2D eigenvalue weighted by molar-refractivity contribution is 0.0971. The van der Waals surface area contributed by atoms with Crippen LogP contribution in [0.5, 0.6) is 11.5 Å². The van der Waals surface area contributed by atoms with Crippen LogP contribution in [0.15, 0.2) is 69.9 Å². The van der Waals surface area contributed by atoms with Crippen molar-refractivity contribution in [1.82, 2.24) is 0 Å². The van der Waals surface area contributed by atoms with E-state index in [-0.39, 0.29) is 17.1 Å². The molecule has 0 spiro atoms. The first-order valence-corrected chi connectivity index (χ1v) is 13.3. The smallest absolute Gasteiger partial charge is 0.295 e. The lowest BCUT2D eigenvalue weighted by Gasteiger charge is -2.26. The summed E-state index contributed by atoms with van der Waals surface area (Å²) >= 11 is 0. The number of fused-ring (bicyclic) bond motifs is 2. The summed E-state index contributed by atoms with van der Waals surface area (Å²) in [5.74, 6) is 0.982. The highest BCUT2D eigenvalue weighted by Crippen LogP contribution is 2.43. The van der Waals surface area contributed by atoms with E-state index < -0.39 is 6.04 Å². The summed E-state index contributed by atoms with van der Waals surface area (Å²) in [5.41, 5.74) is 4.17. The Labute approximate surface area is 222 Å². The summed E-state index contributed by atoms with van der Waals surface area (Å²) in [5, 5.41) is 0.451. The first-order chi connectivity index (χ1) is 18.4. The molecule has 0 N–H and O–H groups in total. The topological polar surface area (TPSA) is 69.0 Å². The molecule has 5 rings (SSSR count). The maximum atomic E-state index is 13.9. The second kappa shape index (κ2) is 10.7. The maximum Gasteiger partial charge on any atom is 0.295 e. The van der Waals surface area contributed by atoms with Crippen LogP contribution in [0.3, 0.4) is 0 Å². The molecule has 0 saturated carbocycles. The van der Waals surface area contributed by atoms with E-state index >= 15 is 0 Å². The molecule has 1 amide bonds. The third-order valence-electron chi connectivity index (χ3n) is 7.14. The van der Waals surface area contributed by atoms with Gasteiger partial charge in [-0.15, -0.1) is 0 Å². The molecule has 3 aromatic carbocycles. The molecule has 0 fully saturated rings. The number of hydrogen-bond donors (Lipinski definition) is 0. The van der Waals surface area contributed by atoms with Crippen molar-refractivity contribution in [1.29, 1.82) is 0 Å². The predicted octanol–water partition coefficient (Wildman–Crippen LogP) is 7.13. The standard InChI is InChI=1S/C32H33NO5/c1-5-7-10-17-37-26-16-14-22(19-27(26)36-6-2)29-28-30(34)24-11-8-9-12-25(24)38-31(28)32(35)33(29)23-15-13-20(3)21(4)18-23/h8-9,11-16,18-19,29H,5-7,10,17H2,1-4H3. The molecule has 0 bridgehead atoms. The molecule has 196 valence electrons. The second-order valence-electron chi connectivity index (χ2n) is 9.71. The highest BCUT2D eigenvalue weighted by atomic mass is 16.5. The minimum atomic E-state index is -0.672. The molecule has 38 heavy (non-hydrogen) atoms. The van der Waals surface area contributed by atoms with Crippen molar-refractivity contribution in [3.63, 3.8) is 0 Å². The fraction of sp³-hybridized carbons (Fsp3) is 0.312. The van der Waals surface area contributed by atoms with Crippen molar-refractivity contribution in [3.8, 4) is 11.5 Å². The van der Waals surface area contributed by atoms with Gasteiger partial charge in [-0.1, -0.05) is 44.0 Å². The zero-order chi connectivity index (χ0) is 26.8. The van der Waals surface area contributed by atoms with Crippen molar-refractivity contribution >= 4 is 22.6 Å². The monoisotopic (exact) mass is 511 g/mol. The number of aryl methyl sites for hydroxylation is 2. The summed E-state index contributed by atoms with van der Waals surface area (Å²) in [6.07, 6.45) is 3.17. The lowest BCUT2D eigenvalue weighted by Crippen LogP contribution is -2.29. The third kappa shape index (κ3) is 4.55. The van der Waals surface area contributed by atoms with E-state index in [1.54, 1.807) is 29.2 Å². The number of unbranched alkanes of at least 4 members (excludes halogenated alkanes) is 2. The van der Waals surface area contributed by atoms with Gasteiger partial charge in [0, 0.05) is 5.69 Å². The summed E-state index contributed by atoms with van der Waals surface area (Å²) < 4.78 is 18.1. The quantitative estimate of drug-likeness (QED) is 0.224. The maximum absolute atomic E-state index is 13.9. The number of nitrogens with zero attached hydrogens (tertiary/aromatic N) is 1. The average molecular weight is 512 g/mol. The first kappa shape index (κ1) is 25.6. The molecule has 1 aliphatic rings. The number of carbonyl (C=O) groups excluding carboxylic acids is 1. The van der Waals surface area contributed by atoms with Gasteiger partial charge in [-0.25, -0.2) is 0 Å². The Bertz CT molecular complexity index is 1550. The van der Waals surface area contributed by atoms with Gasteiger partial charge in [-0.2, -0.15) is 0 Å². The Kier molecular flexibility index (Phi) is 7.23. The van der Waals surface area contributed by atoms with Gasteiger partial charge in [-0.3, -0.25) is 14.5 Å². The van der Waals surface area contributed by atoms with Crippen molar-refractivity contribution in [2.45, 2.75) is 53.0 Å². The lowest BCUT2D eigenvalue weighted by atomic mass is 9.97. The van der Waals surface area contributed by atoms with Crippen molar-refractivity contribution in [2.75, 3.05) is 18.1 Å². The van der Waals surface area contributed by atoms with Crippen LogP contribution in [0.25, 0.3) is 11.0 Å². The Hall–Kier alpha value is -4.06. The number of carbonyl (C=O) groups is 1. The molecule has 1 unspecified atom stereocenters. The van der Waals surface area contributed by atoms with E-state index in [9.17, 15) is 9.59 Å². The molecular weight excluding hydrogens is 478 g/mol. The Morgan fingerprint density at radius 3 is 2.45 bits per heavy atom. The average Bonchev–Trinajstić information content (AvgIpc) is 3.21. The second-order valence-corrected chi connectivity index (χ2v) is 9.71. The Morgan fingerprint density at radius 1 is 0.868 bits per heavy atom. The van der Waals surface area contributed by atoms with Crippen molar-refractivity contribution in [3.05, 3.63) is 98.9 Å². The SMILES string of the molecule is CCCCCOc1ccc(C2c3c(oc4ccccc4c3=O)C(=O)N2c2ccc(C)c(C)c2)cc1OCC. The molecule has 1 atom stereocenters. The number of hydrogen-bond acceptors (Lipinski definition) is 5. The largest absolute Gasteiger partial charge is 0.490 e. The van der Waals surface area contributed by atoms with E-state index in [4.69, 9.17) is 13.9 Å². The van der Waals surface area contributed by atoms with Gasteiger partial charge in [0.15, 0.2) is 16.9 Å². The van der Waals surface area contributed by atoms with E-state index in [1.165, 1.54) is 0 Å². The fourth-order valence-electron chi connectivity index (χ4n) is 4.99. The van der Waals surface area contributed by atoms with Crippen LogP contribution in [-0.4, -0.2) is 19.1 Å². The predicted molar refractivity (Wildman–Crippen MR) is 150 cm³/mol. The molecule has 0 radical (unpaired) electrons. The van der Waals surface area contributed by atoms with Crippen molar-refractivity contribution in [2.24, 2.45) is 0 Å². The number of amides is 1. The molecule has 2 heterocycles. The van der Waals surface area contributed by atoms with Gasteiger partial charge in [0.1, 0.15) is 5.58 Å². The highest BCUT2D eigenvalue weighted by Gasteiger charge is 2.44. The number of rotatable bonds is 9. The zero-order valence-electron chi connectivity index (χ0n) is 22.4. The van der Waals surface area contributed by atoms with E-state index in [0.717, 1.165) is 36.0 Å². The molecule has 6 nitrogen and oxygen atoms in total. The molecule has 0 aliphatic carbocycles. The third-order valence-corrected chi connectivity index (χ3v) is 7.14. The number of ether oxygens (including phenoxy) is 2. The van der Waals surface area contributed by atoms with E-state index in [2.05, 4.69) is 6.92 Å². The highest BCUT2D eigenvalue weighted by molar-refractivity contribution is 6.10. The van der Waals surface area contributed by atoms with Crippen LogP contribution in [-0.2, 0) is 0 Å². The van der Waals surface area contributed by atoms with Gasteiger partial charge in [0.25, 0.3) is 5.91 Å². The fourth-order valence-corrected chi connectivity index (χ4v) is 4.99. The van der Waals surface area contributed by atoms with Crippen LogP contribution in [0, 0.1) is 13.8 Å². The normalized spacial score (nSPS) is 14.7. The minimum Gasteiger partial charge on any atom is -0.490 e. The van der Waals surface area contributed by atoms with Crippen LogP contribution in [0.2, 0.25) is 0 Å². The summed E-state index contributed by atoms with van der Waals surface area (Å²) in [7, 11) is 0. The van der Waals surface area contributed by atoms with Gasteiger partial charge in [0.2, 0.25) is 5.76 Å². The Balaban J connectivity index is 1.68. The minimum absolute atomic E-state index is 0.0785. The summed E-state index contributed by atoms with van der Waals surface area (Å²) in [6.45, 7) is 9.18. The molecule has 1 aromatic heterocycles. The van der Waals surface area contributed by atoms with Gasteiger partial charge in [0.05, 0.1) is 30.2 Å². The molecule has 4 aromatic rings. The van der Waals surface area contributed by atoms with Gasteiger partial charge < -0.3 is 13.9 Å². The van der Waals surface area contributed by atoms with E-state index in [1.807, 2.05) is 57.2 Å². The number of anilines is 1. The Morgan fingerprint density at radius 2 is 1.68 bits per heavy atom. The van der Waals surface area contributed by atoms with Gasteiger partial charge in [-0.05, 0) is 80.3 Å². The zero-order valence-corrected chi connectivity index (χ0v) is 22.4. The molecular formula is C32H33NO5. The van der Waals surface area contributed by atoms with Crippen LogP contribution in [0.4, 0.5) is 5.69 Å². The van der Waals surface area contributed by atoms with Crippen LogP contribution >= 0.6 is 0 Å². The van der Waals surface area contributed by atoms with Gasteiger partial charge >= 0.3 is 0 Å². The van der Waals surface area contributed by atoms with Crippen LogP contribution in [0.1, 0.15) is 72.0 Å². The summed E-state index contributed by atoms with van der Waals surface area (Å²) in [4.78, 5) is 29.4. The van der Waals surface area contributed by atoms with Crippen LogP contribution < -0.4 is 19.8 Å². The summed E-state index contributed by atoms with van der Waals surface area (Å²) in [6, 6.07) is 17.9. The number of benzene rings is 3. The molecule has 6 heteroatoms. The van der Waals surface area contributed by atoms with Crippen molar-refractivity contribution < 1.29 is 18.7 Å².